The normalized spacial score (nSPS) is 32.3. The van der Waals surface area contributed by atoms with Gasteiger partial charge in [0.1, 0.15) is 0 Å². The number of hydrogen-bond acceptors (Lipinski definition) is 3. The highest BCUT2D eigenvalue weighted by molar-refractivity contribution is 4.85. The molecule has 13 heavy (non-hydrogen) atoms. The van der Waals surface area contributed by atoms with Crippen LogP contribution in [0.25, 0.3) is 0 Å². The van der Waals surface area contributed by atoms with Crippen LogP contribution in [0.3, 0.4) is 0 Å². The summed E-state index contributed by atoms with van der Waals surface area (Å²) in [7, 11) is 3.95. The molecule has 3 unspecified atom stereocenters. The molecule has 78 valence electrons. The molecular weight excluding hydrogens is 164 g/mol. The number of nitrogens with zero attached hydrogens (tertiary/aromatic N) is 1. The summed E-state index contributed by atoms with van der Waals surface area (Å²) in [5, 5.41) is 3.53. The molecule has 1 saturated heterocycles. The van der Waals surface area contributed by atoms with Gasteiger partial charge in [0.2, 0.25) is 0 Å². The first-order valence-corrected chi connectivity index (χ1v) is 5.10. The second kappa shape index (κ2) is 4.94. The Balaban J connectivity index is 2.17. The molecule has 0 amide bonds. The average molecular weight is 186 g/mol. The highest BCUT2D eigenvalue weighted by Crippen LogP contribution is 2.14. The van der Waals surface area contributed by atoms with Gasteiger partial charge in [0, 0.05) is 32.3 Å². The molecule has 1 aliphatic heterocycles. The van der Waals surface area contributed by atoms with Crippen LogP contribution in [-0.4, -0.2) is 50.3 Å². The minimum absolute atomic E-state index is 0.321. The van der Waals surface area contributed by atoms with E-state index in [1.54, 1.807) is 7.11 Å². The van der Waals surface area contributed by atoms with Crippen molar-refractivity contribution in [2.24, 2.45) is 0 Å². The third-order valence-corrected chi connectivity index (χ3v) is 2.98. The van der Waals surface area contributed by atoms with Crippen molar-refractivity contribution in [2.75, 3.05) is 27.2 Å². The first kappa shape index (κ1) is 11.0. The van der Waals surface area contributed by atoms with Crippen LogP contribution >= 0.6 is 0 Å². The zero-order valence-corrected chi connectivity index (χ0v) is 9.21. The lowest BCUT2D eigenvalue weighted by molar-refractivity contribution is 0.114. The highest BCUT2D eigenvalue weighted by atomic mass is 16.5. The summed E-state index contributed by atoms with van der Waals surface area (Å²) in [6.45, 7) is 6.50. The van der Waals surface area contributed by atoms with E-state index in [9.17, 15) is 0 Å². The van der Waals surface area contributed by atoms with Gasteiger partial charge in [-0.05, 0) is 27.3 Å². The molecule has 1 fully saturated rings. The van der Waals surface area contributed by atoms with E-state index in [4.69, 9.17) is 4.74 Å². The quantitative estimate of drug-likeness (QED) is 0.699. The van der Waals surface area contributed by atoms with Crippen molar-refractivity contribution in [1.82, 2.24) is 10.2 Å². The maximum Gasteiger partial charge on any atom is 0.0667 e. The molecule has 0 aliphatic carbocycles. The summed E-state index contributed by atoms with van der Waals surface area (Å²) in [5.41, 5.74) is 0. The molecule has 0 aromatic rings. The Morgan fingerprint density at radius 2 is 2.31 bits per heavy atom. The van der Waals surface area contributed by atoms with Gasteiger partial charge >= 0.3 is 0 Å². The van der Waals surface area contributed by atoms with Crippen molar-refractivity contribution >= 4 is 0 Å². The largest absolute Gasteiger partial charge is 0.380 e. The molecule has 0 radical (unpaired) electrons. The molecule has 1 N–H and O–H groups in total. The van der Waals surface area contributed by atoms with Crippen molar-refractivity contribution in [1.29, 1.82) is 0 Å². The first-order valence-electron chi connectivity index (χ1n) is 5.10. The predicted octanol–water partition coefficient (Wildman–Crippen LogP) is 0.704. The van der Waals surface area contributed by atoms with Crippen LogP contribution in [-0.2, 0) is 4.74 Å². The van der Waals surface area contributed by atoms with Gasteiger partial charge < -0.3 is 15.0 Å². The summed E-state index contributed by atoms with van der Waals surface area (Å²) < 4.78 is 5.19. The van der Waals surface area contributed by atoms with Crippen LogP contribution in [0.1, 0.15) is 20.3 Å². The fourth-order valence-corrected chi connectivity index (χ4v) is 1.76. The fourth-order valence-electron chi connectivity index (χ4n) is 1.76. The maximum atomic E-state index is 5.19. The van der Waals surface area contributed by atoms with Crippen molar-refractivity contribution in [3.05, 3.63) is 0 Å². The molecular formula is C10H22N2O. The number of likely N-dealkylation sites (N-methyl/N-ethyl adjacent to an activating group) is 1. The Kier molecular flexibility index (Phi) is 4.16. The molecule has 0 aromatic heterocycles. The van der Waals surface area contributed by atoms with Crippen molar-refractivity contribution < 1.29 is 4.74 Å². The van der Waals surface area contributed by atoms with Gasteiger partial charge in [-0.25, -0.2) is 0 Å². The van der Waals surface area contributed by atoms with Crippen molar-refractivity contribution in [3.63, 3.8) is 0 Å². The van der Waals surface area contributed by atoms with Gasteiger partial charge in [0.25, 0.3) is 0 Å². The number of methoxy groups -OCH3 is 1. The van der Waals surface area contributed by atoms with Gasteiger partial charge in [0.05, 0.1) is 6.10 Å². The summed E-state index contributed by atoms with van der Waals surface area (Å²) >= 11 is 0. The number of rotatable bonds is 4. The summed E-state index contributed by atoms with van der Waals surface area (Å²) in [6, 6.07) is 1.37. The van der Waals surface area contributed by atoms with E-state index in [1.165, 1.54) is 6.42 Å². The van der Waals surface area contributed by atoms with Gasteiger partial charge in [-0.2, -0.15) is 0 Å². The van der Waals surface area contributed by atoms with Gasteiger partial charge in [-0.1, -0.05) is 0 Å². The molecule has 3 atom stereocenters. The fraction of sp³-hybridized carbons (Fsp3) is 1.00. The van der Waals surface area contributed by atoms with E-state index in [-0.39, 0.29) is 0 Å². The van der Waals surface area contributed by atoms with Gasteiger partial charge in [-0.3, -0.25) is 0 Å². The molecule has 3 nitrogen and oxygen atoms in total. The van der Waals surface area contributed by atoms with Crippen molar-refractivity contribution in [2.45, 2.75) is 38.5 Å². The van der Waals surface area contributed by atoms with E-state index >= 15 is 0 Å². The average Bonchev–Trinajstić information content (AvgIpc) is 2.42. The lowest BCUT2D eigenvalue weighted by atomic mass is 10.2. The van der Waals surface area contributed by atoms with E-state index in [0.717, 1.165) is 19.1 Å². The van der Waals surface area contributed by atoms with Crippen LogP contribution in [0, 0.1) is 0 Å². The molecule has 0 aromatic carbocycles. The standard InChI is InChI=1S/C10H22N2O/c1-8-5-10(7-12(8)3)11-6-9(2)13-4/h8-11H,5-7H2,1-4H3. The minimum Gasteiger partial charge on any atom is -0.380 e. The van der Waals surface area contributed by atoms with E-state index < -0.39 is 0 Å². The maximum absolute atomic E-state index is 5.19. The zero-order valence-electron chi connectivity index (χ0n) is 9.21. The summed E-state index contributed by atoms with van der Waals surface area (Å²) in [6.07, 6.45) is 1.58. The zero-order chi connectivity index (χ0) is 9.84. The van der Waals surface area contributed by atoms with E-state index in [1.807, 2.05) is 0 Å². The van der Waals surface area contributed by atoms with Crippen LogP contribution < -0.4 is 5.32 Å². The molecule has 1 rings (SSSR count). The van der Waals surface area contributed by atoms with Crippen molar-refractivity contribution in [3.8, 4) is 0 Å². The molecule has 3 heteroatoms. The van der Waals surface area contributed by atoms with Gasteiger partial charge in [-0.15, -0.1) is 0 Å². The van der Waals surface area contributed by atoms with Crippen LogP contribution in [0.4, 0.5) is 0 Å². The summed E-state index contributed by atoms with van der Waals surface area (Å²) in [4.78, 5) is 2.40. The Bertz CT molecular complexity index is 142. The van der Waals surface area contributed by atoms with Crippen LogP contribution in [0.2, 0.25) is 0 Å². The van der Waals surface area contributed by atoms with E-state index in [0.29, 0.717) is 12.1 Å². The van der Waals surface area contributed by atoms with Crippen LogP contribution in [0.15, 0.2) is 0 Å². The monoisotopic (exact) mass is 186 g/mol. The smallest absolute Gasteiger partial charge is 0.0667 e. The van der Waals surface area contributed by atoms with Gasteiger partial charge in [0.15, 0.2) is 0 Å². The molecule has 0 saturated carbocycles. The number of hydrogen-bond donors (Lipinski definition) is 1. The number of nitrogens with one attached hydrogen (secondary N) is 1. The number of likely N-dealkylation sites (tertiary alicyclic amines) is 1. The second-order valence-electron chi connectivity index (χ2n) is 4.18. The molecule has 0 spiro atoms. The molecule has 0 bridgehead atoms. The van der Waals surface area contributed by atoms with Crippen LogP contribution in [0.5, 0.6) is 0 Å². The second-order valence-corrected chi connectivity index (χ2v) is 4.18. The Morgan fingerprint density at radius 3 is 2.77 bits per heavy atom. The summed E-state index contributed by atoms with van der Waals surface area (Å²) in [5.74, 6) is 0. The SMILES string of the molecule is COC(C)CNC1CC(C)N(C)C1. The topological polar surface area (TPSA) is 24.5 Å². The highest BCUT2D eigenvalue weighted by Gasteiger charge is 2.25. The first-order chi connectivity index (χ1) is 6.13. The number of ether oxygens (including phenoxy) is 1. The Morgan fingerprint density at radius 1 is 1.62 bits per heavy atom. The molecule has 1 heterocycles. The Labute approximate surface area is 81.4 Å². The lowest BCUT2D eigenvalue weighted by Crippen LogP contribution is -2.36. The third kappa shape index (κ3) is 3.25. The minimum atomic E-state index is 0.321. The molecule has 1 aliphatic rings. The van der Waals surface area contributed by atoms with E-state index in [2.05, 4.69) is 31.1 Å². The predicted molar refractivity (Wildman–Crippen MR) is 55.0 cm³/mol. The third-order valence-electron chi connectivity index (χ3n) is 2.98. The Hall–Kier alpha value is -0.120. The lowest BCUT2D eigenvalue weighted by Gasteiger charge is -2.15.